The van der Waals surface area contributed by atoms with Crippen molar-refractivity contribution in [1.82, 2.24) is 0 Å². The van der Waals surface area contributed by atoms with Crippen LogP contribution >= 0.6 is 0 Å². The molecule has 4 nitrogen and oxygen atoms in total. The molecule has 1 aliphatic carbocycles. The lowest BCUT2D eigenvalue weighted by Crippen LogP contribution is -2.25. The van der Waals surface area contributed by atoms with Gasteiger partial charge in [-0.15, -0.1) is 0 Å². The van der Waals surface area contributed by atoms with E-state index >= 15 is 0 Å². The molecular formula is C15H20O4. The number of hydrogen-bond acceptors (Lipinski definition) is 4. The minimum Gasteiger partial charge on any atom is -0.454 e. The van der Waals surface area contributed by atoms with Crippen LogP contribution in [0, 0.1) is 5.92 Å². The van der Waals surface area contributed by atoms with Gasteiger partial charge in [0.05, 0.1) is 12.2 Å². The van der Waals surface area contributed by atoms with Gasteiger partial charge in [0, 0.05) is 17.9 Å². The fourth-order valence-corrected chi connectivity index (χ4v) is 2.56. The molecule has 2 aliphatic rings. The zero-order valence-corrected chi connectivity index (χ0v) is 11.1. The van der Waals surface area contributed by atoms with Crippen molar-refractivity contribution in [2.45, 2.75) is 44.5 Å². The van der Waals surface area contributed by atoms with Crippen LogP contribution in [0.15, 0.2) is 36.0 Å². The summed E-state index contributed by atoms with van der Waals surface area (Å²) in [5.41, 5.74) is 1.84. The predicted molar refractivity (Wildman–Crippen MR) is 71.3 cm³/mol. The van der Waals surface area contributed by atoms with Gasteiger partial charge < -0.3 is 14.9 Å². The number of fused-ring (bicyclic) bond motifs is 1. The fourth-order valence-electron chi connectivity index (χ4n) is 2.56. The molecule has 0 aromatic carbocycles. The molecule has 0 radical (unpaired) electrons. The Morgan fingerprint density at radius 2 is 2.00 bits per heavy atom. The summed E-state index contributed by atoms with van der Waals surface area (Å²) in [7, 11) is 0. The van der Waals surface area contributed by atoms with E-state index in [4.69, 9.17) is 4.74 Å². The van der Waals surface area contributed by atoms with Crippen molar-refractivity contribution in [3.63, 3.8) is 0 Å². The maximum atomic E-state index is 11.6. The molecule has 1 aliphatic heterocycles. The van der Waals surface area contributed by atoms with Gasteiger partial charge in [-0.3, -0.25) is 0 Å². The minimum absolute atomic E-state index is 0.100. The van der Waals surface area contributed by atoms with Crippen molar-refractivity contribution in [2.75, 3.05) is 0 Å². The normalized spacial score (nSPS) is 39.3. The summed E-state index contributed by atoms with van der Waals surface area (Å²) in [4.78, 5) is 11.6. The van der Waals surface area contributed by atoms with Gasteiger partial charge in [0.1, 0.15) is 6.10 Å². The molecule has 0 unspecified atom stereocenters. The van der Waals surface area contributed by atoms with E-state index in [1.807, 2.05) is 0 Å². The average Bonchev–Trinajstić information content (AvgIpc) is 2.61. The van der Waals surface area contributed by atoms with Crippen molar-refractivity contribution < 1.29 is 19.7 Å². The molecule has 4 heteroatoms. The number of esters is 1. The van der Waals surface area contributed by atoms with Crippen molar-refractivity contribution >= 4 is 5.97 Å². The van der Waals surface area contributed by atoms with Crippen LogP contribution in [0.2, 0.25) is 0 Å². The highest BCUT2D eigenvalue weighted by atomic mass is 16.5. The summed E-state index contributed by atoms with van der Waals surface area (Å²) >= 11 is 0. The van der Waals surface area contributed by atoms with Gasteiger partial charge in [0.2, 0.25) is 0 Å². The lowest BCUT2D eigenvalue weighted by Gasteiger charge is -2.24. The molecule has 1 heterocycles. The lowest BCUT2D eigenvalue weighted by atomic mass is 9.85. The first kappa shape index (κ1) is 14.0. The van der Waals surface area contributed by atoms with E-state index in [1.54, 1.807) is 13.0 Å². The van der Waals surface area contributed by atoms with E-state index in [2.05, 4.69) is 13.2 Å². The van der Waals surface area contributed by atoms with Crippen LogP contribution in [-0.4, -0.2) is 34.5 Å². The summed E-state index contributed by atoms with van der Waals surface area (Å²) < 4.78 is 5.27. The number of ether oxygens (including phenoxy) is 1. The molecule has 4 atom stereocenters. The van der Waals surface area contributed by atoms with E-state index < -0.39 is 12.2 Å². The maximum absolute atomic E-state index is 11.6. The Kier molecular flexibility index (Phi) is 3.92. The Hall–Kier alpha value is -1.39. The second-order valence-electron chi connectivity index (χ2n) is 5.38. The lowest BCUT2D eigenvalue weighted by molar-refractivity contribution is -0.137. The van der Waals surface area contributed by atoms with Gasteiger partial charge in [-0.2, -0.15) is 0 Å². The SMILES string of the molecule is C=C1CC[C@H]2C(=C)C(=O)O[C@H]2/C=C(\C)[C@H](O)C[C@H]1O. The summed E-state index contributed by atoms with van der Waals surface area (Å²) in [6, 6.07) is 0. The molecule has 2 N–H and O–H groups in total. The van der Waals surface area contributed by atoms with Crippen LogP contribution in [0.5, 0.6) is 0 Å². The molecule has 0 aromatic heterocycles. The monoisotopic (exact) mass is 264 g/mol. The maximum Gasteiger partial charge on any atom is 0.334 e. The molecular weight excluding hydrogens is 244 g/mol. The van der Waals surface area contributed by atoms with Crippen LogP contribution < -0.4 is 0 Å². The van der Waals surface area contributed by atoms with Gasteiger partial charge in [-0.1, -0.05) is 13.2 Å². The van der Waals surface area contributed by atoms with Crippen molar-refractivity contribution in [1.29, 1.82) is 0 Å². The Bertz CT molecular complexity index is 449. The van der Waals surface area contributed by atoms with Crippen LogP contribution in [0.1, 0.15) is 26.2 Å². The fraction of sp³-hybridized carbons (Fsp3) is 0.533. The van der Waals surface area contributed by atoms with Crippen LogP contribution in [0.4, 0.5) is 0 Å². The number of aliphatic hydroxyl groups excluding tert-OH is 2. The highest BCUT2D eigenvalue weighted by molar-refractivity contribution is 5.91. The number of hydrogen-bond donors (Lipinski definition) is 2. The zero-order valence-electron chi connectivity index (χ0n) is 11.1. The van der Waals surface area contributed by atoms with Gasteiger partial charge >= 0.3 is 5.97 Å². The smallest absolute Gasteiger partial charge is 0.334 e. The molecule has 1 saturated heterocycles. The van der Waals surface area contributed by atoms with Crippen LogP contribution in [-0.2, 0) is 9.53 Å². The van der Waals surface area contributed by atoms with Crippen LogP contribution in [0.3, 0.4) is 0 Å². The molecule has 0 aromatic rings. The Labute approximate surface area is 113 Å². The third-order valence-corrected chi connectivity index (χ3v) is 4.00. The van der Waals surface area contributed by atoms with Gasteiger partial charge in [-0.05, 0) is 37.0 Å². The van der Waals surface area contributed by atoms with E-state index in [0.29, 0.717) is 29.6 Å². The highest BCUT2D eigenvalue weighted by Gasteiger charge is 2.38. The third-order valence-electron chi connectivity index (χ3n) is 4.00. The Morgan fingerprint density at radius 1 is 1.32 bits per heavy atom. The molecule has 2 rings (SSSR count). The molecule has 1 fully saturated rings. The van der Waals surface area contributed by atoms with Crippen molar-refractivity contribution in [3.05, 3.63) is 36.0 Å². The zero-order chi connectivity index (χ0) is 14.2. The largest absolute Gasteiger partial charge is 0.454 e. The van der Waals surface area contributed by atoms with Crippen LogP contribution in [0.25, 0.3) is 0 Å². The summed E-state index contributed by atoms with van der Waals surface area (Å²) in [6.45, 7) is 9.40. The standard InChI is InChI=1S/C15H20O4/c1-8-4-5-11-10(3)15(18)19-14(11)6-9(2)13(17)7-12(8)16/h6,11-14,16-17H,1,3-5,7H2,2H3/b9-6+/t11-,12+,13+,14-/m0/s1. The van der Waals surface area contributed by atoms with Crippen molar-refractivity contribution in [3.8, 4) is 0 Å². The second kappa shape index (κ2) is 5.31. The van der Waals surface area contributed by atoms with E-state index in [-0.39, 0.29) is 24.4 Å². The minimum atomic E-state index is -0.752. The molecule has 0 bridgehead atoms. The van der Waals surface area contributed by atoms with Gasteiger partial charge in [-0.25, -0.2) is 4.79 Å². The molecule has 0 amide bonds. The first-order valence-corrected chi connectivity index (χ1v) is 6.52. The van der Waals surface area contributed by atoms with E-state index in [9.17, 15) is 15.0 Å². The molecule has 104 valence electrons. The molecule has 0 saturated carbocycles. The Morgan fingerprint density at radius 3 is 2.68 bits per heavy atom. The summed E-state index contributed by atoms with van der Waals surface area (Å²) in [5.74, 6) is -0.476. The average molecular weight is 264 g/mol. The number of carbonyl (C=O) groups is 1. The van der Waals surface area contributed by atoms with E-state index in [0.717, 1.165) is 0 Å². The third kappa shape index (κ3) is 2.80. The van der Waals surface area contributed by atoms with Gasteiger partial charge in [0.15, 0.2) is 0 Å². The predicted octanol–water partition coefficient (Wildman–Crippen LogP) is 1.49. The first-order valence-electron chi connectivity index (χ1n) is 6.52. The topological polar surface area (TPSA) is 66.8 Å². The van der Waals surface area contributed by atoms with E-state index in [1.165, 1.54) is 0 Å². The van der Waals surface area contributed by atoms with Gasteiger partial charge in [0.25, 0.3) is 0 Å². The second-order valence-corrected chi connectivity index (χ2v) is 5.38. The molecule has 0 spiro atoms. The summed E-state index contributed by atoms with van der Waals surface area (Å²) in [5, 5.41) is 19.9. The number of aliphatic hydroxyl groups is 2. The quantitative estimate of drug-likeness (QED) is 0.395. The number of rotatable bonds is 0. The highest BCUT2D eigenvalue weighted by Crippen LogP contribution is 2.34. The Balaban J connectivity index is 2.30. The molecule has 19 heavy (non-hydrogen) atoms. The first-order chi connectivity index (χ1) is 8.90. The summed E-state index contributed by atoms with van der Waals surface area (Å²) in [6.07, 6.45) is 1.43. The van der Waals surface area contributed by atoms with Crippen molar-refractivity contribution in [2.24, 2.45) is 5.92 Å². The number of carbonyl (C=O) groups excluding carboxylic acids is 1.